The van der Waals surface area contributed by atoms with E-state index in [1.165, 1.54) is 5.56 Å². The summed E-state index contributed by atoms with van der Waals surface area (Å²) in [7, 11) is 0. The van der Waals surface area contributed by atoms with Crippen molar-refractivity contribution in [3.8, 4) is 0 Å². The standard InChI is InChI=1S/C14H12N2O/c1-9-3-4-11-5-6-14-15-10(2)13(8-17)16(14)12(11)7-9/h3-8H,1-2H3. The van der Waals surface area contributed by atoms with Crippen LogP contribution in [0.25, 0.3) is 16.6 Å². The highest BCUT2D eigenvalue weighted by Crippen LogP contribution is 2.21. The Kier molecular flexibility index (Phi) is 2.01. The summed E-state index contributed by atoms with van der Waals surface area (Å²) in [6.07, 6.45) is 0.872. The van der Waals surface area contributed by atoms with Crippen molar-refractivity contribution in [2.45, 2.75) is 13.8 Å². The fourth-order valence-corrected chi connectivity index (χ4v) is 2.22. The molecule has 3 heteroatoms. The van der Waals surface area contributed by atoms with Crippen LogP contribution in [0.1, 0.15) is 21.7 Å². The summed E-state index contributed by atoms with van der Waals surface area (Å²) >= 11 is 0. The Bertz CT molecular complexity index is 741. The second kappa shape index (κ2) is 3.42. The Morgan fingerprint density at radius 2 is 1.94 bits per heavy atom. The Labute approximate surface area is 98.7 Å². The monoisotopic (exact) mass is 224 g/mol. The average Bonchev–Trinajstić information content (AvgIpc) is 2.64. The molecule has 0 saturated heterocycles. The highest BCUT2D eigenvalue weighted by atomic mass is 16.1. The third-order valence-corrected chi connectivity index (χ3v) is 3.07. The molecule has 0 atom stereocenters. The van der Waals surface area contributed by atoms with E-state index in [0.29, 0.717) is 5.69 Å². The SMILES string of the molecule is Cc1ccc2ccc3nc(C)c(C=O)n3c2c1. The number of rotatable bonds is 1. The predicted octanol–water partition coefficient (Wildman–Crippen LogP) is 2.92. The molecule has 84 valence electrons. The molecule has 0 aliphatic carbocycles. The molecule has 3 rings (SSSR count). The van der Waals surface area contributed by atoms with E-state index in [4.69, 9.17) is 0 Å². The zero-order valence-electron chi connectivity index (χ0n) is 9.77. The van der Waals surface area contributed by atoms with Crippen LogP contribution in [-0.4, -0.2) is 15.7 Å². The fourth-order valence-electron chi connectivity index (χ4n) is 2.22. The Balaban J connectivity index is 2.60. The number of imidazole rings is 1. The molecule has 0 N–H and O–H groups in total. The lowest BCUT2D eigenvalue weighted by atomic mass is 10.1. The van der Waals surface area contributed by atoms with Crippen molar-refractivity contribution in [1.82, 2.24) is 9.38 Å². The van der Waals surface area contributed by atoms with Crippen LogP contribution in [0.5, 0.6) is 0 Å². The van der Waals surface area contributed by atoms with Crippen molar-refractivity contribution in [3.63, 3.8) is 0 Å². The van der Waals surface area contributed by atoms with Gasteiger partial charge in [0.1, 0.15) is 11.3 Å². The van der Waals surface area contributed by atoms with Gasteiger partial charge in [0.25, 0.3) is 0 Å². The summed E-state index contributed by atoms with van der Waals surface area (Å²) < 4.78 is 1.92. The van der Waals surface area contributed by atoms with Gasteiger partial charge in [0.05, 0.1) is 11.2 Å². The lowest BCUT2D eigenvalue weighted by Gasteiger charge is -2.04. The minimum absolute atomic E-state index is 0.635. The Hall–Kier alpha value is -2.16. The summed E-state index contributed by atoms with van der Waals surface area (Å²) in [5.41, 5.74) is 4.44. The van der Waals surface area contributed by atoms with Crippen molar-refractivity contribution in [1.29, 1.82) is 0 Å². The van der Waals surface area contributed by atoms with E-state index in [9.17, 15) is 4.79 Å². The van der Waals surface area contributed by atoms with Gasteiger partial charge in [-0.3, -0.25) is 9.20 Å². The largest absolute Gasteiger partial charge is 0.296 e. The van der Waals surface area contributed by atoms with Crippen molar-refractivity contribution in [2.24, 2.45) is 0 Å². The van der Waals surface area contributed by atoms with Gasteiger partial charge in [-0.2, -0.15) is 0 Å². The van der Waals surface area contributed by atoms with Crippen molar-refractivity contribution < 1.29 is 4.79 Å². The van der Waals surface area contributed by atoms with Crippen LogP contribution in [0.3, 0.4) is 0 Å². The van der Waals surface area contributed by atoms with E-state index in [1.807, 2.05) is 30.4 Å². The van der Waals surface area contributed by atoms with Crippen molar-refractivity contribution >= 4 is 22.8 Å². The molecule has 1 aromatic carbocycles. The first kappa shape index (κ1) is 10.0. The number of aldehydes is 1. The molecule has 0 saturated carbocycles. The van der Waals surface area contributed by atoms with Gasteiger partial charge in [-0.1, -0.05) is 12.1 Å². The number of carbonyl (C=O) groups is 1. The fraction of sp³-hybridized carbons (Fsp3) is 0.143. The highest BCUT2D eigenvalue weighted by Gasteiger charge is 2.10. The smallest absolute Gasteiger partial charge is 0.168 e. The first-order valence-electron chi connectivity index (χ1n) is 5.54. The molecule has 3 nitrogen and oxygen atoms in total. The lowest BCUT2D eigenvalue weighted by molar-refractivity contribution is 0.111. The number of benzene rings is 1. The Morgan fingerprint density at radius 1 is 1.18 bits per heavy atom. The molecular formula is C14H12N2O. The number of carbonyl (C=O) groups excluding carboxylic acids is 1. The molecule has 3 aromatic rings. The number of pyridine rings is 1. The molecule has 0 amide bonds. The molecular weight excluding hydrogens is 212 g/mol. The zero-order chi connectivity index (χ0) is 12.0. The topological polar surface area (TPSA) is 34.4 Å². The van der Waals surface area contributed by atoms with Gasteiger partial charge in [0.15, 0.2) is 6.29 Å². The quantitative estimate of drug-likeness (QED) is 0.595. The molecule has 17 heavy (non-hydrogen) atoms. The summed E-state index contributed by atoms with van der Waals surface area (Å²) in [6.45, 7) is 3.90. The summed E-state index contributed by atoms with van der Waals surface area (Å²) in [5.74, 6) is 0. The first-order chi connectivity index (χ1) is 8.20. The number of nitrogens with zero attached hydrogens (tertiary/aromatic N) is 2. The van der Waals surface area contributed by atoms with E-state index in [-0.39, 0.29) is 0 Å². The minimum atomic E-state index is 0.635. The van der Waals surface area contributed by atoms with Gasteiger partial charge in [-0.05, 0) is 43.0 Å². The zero-order valence-corrected chi connectivity index (χ0v) is 9.77. The predicted molar refractivity (Wildman–Crippen MR) is 67.6 cm³/mol. The van der Waals surface area contributed by atoms with Crippen LogP contribution in [0, 0.1) is 13.8 Å². The Morgan fingerprint density at radius 3 is 2.71 bits per heavy atom. The molecule has 0 fully saturated rings. The van der Waals surface area contributed by atoms with Crippen LogP contribution in [-0.2, 0) is 0 Å². The van der Waals surface area contributed by atoms with Gasteiger partial charge in [0, 0.05) is 0 Å². The molecule has 0 radical (unpaired) electrons. The number of aromatic nitrogens is 2. The van der Waals surface area contributed by atoms with Gasteiger partial charge < -0.3 is 0 Å². The van der Waals surface area contributed by atoms with E-state index >= 15 is 0 Å². The minimum Gasteiger partial charge on any atom is -0.296 e. The summed E-state index contributed by atoms with van der Waals surface area (Å²) in [5, 5.41) is 1.11. The molecule has 0 aliphatic heterocycles. The number of aryl methyl sites for hydroxylation is 2. The molecule has 0 spiro atoms. The third kappa shape index (κ3) is 1.35. The van der Waals surface area contributed by atoms with E-state index in [1.54, 1.807) is 0 Å². The van der Waals surface area contributed by atoms with Gasteiger partial charge in [-0.25, -0.2) is 4.98 Å². The number of hydrogen-bond acceptors (Lipinski definition) is 2. The van der Waals surface area contributed by atoms with Crippen LogP contribution < -0.4 is 0 Å². The normalized spacial score (nSPS) is 11.2. The van der Waals surface area contributed by atoms with E-state index < -0.39 is 0 Å². The van der Waals surface area contributed by atoms with Crippen LogP contribution in [0.4, 0.5) is 0 Å². The lowest BCUT2D eigenvalue weighted by Crippen LogP contribution is -1.94. The van der Waals surface area contributed by atoms with Crippen molar-refractivity contribution in [2.75, 3.05) is 0 Å². The van der Waals surface area contributed by atoms with Gasteiger partial charge in [0.2, 0.25) is 0 Å². The maximum absolute atomic E-state index is 11.2. The maximum Gasteiger partial charge on any atom is 0.168 e. The molecule has 0 unspecified atom stereocenters. The second-order valence-electron chi connectivity index (χ2n) is 4.29. The molecule has 0 aliphatic rings. The summed E-state index contributed by atoms with van der Waals surface area (Å²) in [6, 6.07) is 10.2. The molecule has 2 aromatic heterocycles. The van der Waals surface area contributed by atoms with E-state index in [0.717, 1.165) is 28.5 Å². The first-order valence-corrected chi connectivity index (χ1v) is 5.54. The highest BCUT2D eigenvalue weighted by molar-refractivity contribution is 5.87. The number of fused-ring (bicyclic) bond motifs is 3. The van der Waals surface area contributed by atoms with E-state index in [2.05, 4.69) is 23.2 Å². The van der Waals surface area contributed by atoms with Gasteiger partial charge >= 0.3 is 0 Å². The number of hydrogen-bond donors (Lipinski definition) is 0. The maximum atomic E-state index is 11.2. The van der Waals surface area contributed by atoms with Gasteiger partial charge in [-0.15, -0.1) is 0 Å². The van der Waals surface area contributed by atoms with Crippen molar-refractivity contribution in [3.05, 3.63) is 47.3 Å². The third-order valence-electron chi connectivity index (χ3n) is 3.07. The van der Waals surface area contributed by atoms with Crippen LogP contribution in [0.2, 0.25) is 0 Å². The van der Waals surface area contributed by atoms with Crippen LogP contribution in [0.15, 0.2) is 30.3 Å². The molecule has 2 heterocycles. The average molecular weight is 224 g/mol. The second-order valence-corrected chi connectivity index (χ2v) is 4.29. The molecule has 0 bridgehead atoms. The summed E-state index contributed by atoms with van der Waals surface area (Å²) in [4.78, 5) is 15.6. The van der Waals surface area contributed by atoms with Crippen LogP contribution >= 0.6 is 0 Å².